The fourth-order valence-electron chi connectivity index (χ4n) is 3.68. The van der Waals surface area contributed by atoms with Crippen molar-refractivity contribution in [1.82, 2.24) is 24.7 Å². The molecule has 3 heterocycles. The first kappa shape index (κ1) is 24.6. The lowest BCUT2D eigenvalue weighted by atomic mass is 9.92. The van der Waals surface area contributed by atoms with Gasteiger partial charge in [-0.3, -0.25) is 10.1 Å². The minimum atomic E-state index is -0.788. The van der Waals surface area contributed by atoms with Gasteiger partial charge in [0.1, 0.15) is 11.3 Å². The molecule has 0 saturated heterocycles. The summed E-state index contributed by atoms with van der Waals surface area (Å²) in [5, 5.41) is 9.97. The number of ether oxygens (including phenoxy) is 1. The molecule has 10 nitrogen and oxygen atoms in total. The zero-order chi connectivity index (χ0) is 26.9. The van der Waals surface area contributed by atoms with Gasteiger partial charge in [-0.25, -0.2) is 23.8 Å². The highest BCUT2D eigenvalue weighted by Gasteiger charge is 2.22. The van der Waals surface area contributed by atoms with E-state index in [1.807, 2.05) is 51.1 Å². The number of rotatable bonds is 5. The number of halogens is 1. The molecule has 0 saturated carbocycles. The number of aromatic amines is 1. The van der Waals surface area contributed by atoms with Crippen LogP contribution < -0.4 is 20.9 Å². The molecule has 2 amide bonds. The number of hydrogen-bond donors (Lipinski definition) is 3. The highest BCUT2D eigenvalue weighted by molar-refractivity contribution is 5.99. The molecule has 5 rings (SSSR count). The Kier molecular flexibility index (Phi) is 6.33. The summed E-state index contributed by atoms with van der Waals surface area (Å²) in [7, 11) is 0. The summed E-state index contributed by atoms with van der Waals surface area (Å²) in [6.07, 6.45) is 2.49. The van der Waals surface area contributed by atoms with E-state index in [1.54, 1.807) is 16.8 Å². The van der Waals surface area contributed by atoms with Gasteiger partial charge in [-0.1, -0.05) is 45.0 Å². The van der Waals surface area contributed by atoms with Gasteiger partial charge in [-0.2, -0.15) is 5.10 Å². The maximum atomic E-state index is 15.3. The van der Waals surface area contributed by atoms with Crippen molar-refractivity contribution in [3.63, 3.8) is 0 Å². The molecule has 0 fully saturated rings. The van der Waals surface area contributed by atoms with Crippen LogP contribution in [0.25, 0.3) is 16.9 Å². The lowest BCUT2D eigenvalue weighted by Gasteiger charge is -2.14. The molecule has 5 aromatic rings. The summed E-state index contributed by atoms with van der Waals surface area (Å²) < 4.78 is 22.7. The van der Waals surface area contributed by atoms with E-state index in [0.29, 0.717) is 5.82 Å². The SMILES string of the molecule is CC(C)(C)c1cc(NC(=O)Nc2cccc(Oc3ccnc4[nH]c(=O)cnc34)c2F)n(-c2ccccc2)n1. The number of nitrogens with zero attached hydrogens (tertiary/aromatic N) is 4. The standard InChI is InChI=1S/C27H24FN7O3/c1-27(2,3)20-14-21(35(34-20)16-8-5-4-6-9-16)32-26(37)31-17-10-7-11-18(23(17)28)38-19-12-13-29-25-24(19)30-15-22(36)33-25/h4-15H,1-3H3,(H,29,33,36)(H2,31,32,37). The van der Waals surface area contributed by atoms with Crippen molar-refractivity contribution < 1.29 is 13.9 Å². The lowest BCUT2D eigenvalue weighted by molar-refractivity contribution is 0.262. The van der Waals surface area contributed by atoms with Gasteiger partial charge in [0.15, 0.2) is 23.0 Å². The smallest absolute Gasteiger partial charge is 0.324 e. The first-order chi connectivity index (χ1) is 18.2. The molecular weight excluding hydrogens is 489 g/mol. The van der Waals surface area contributed by atoms with Crippen LogP contribution in [0.15, 0.2) is 77.9 Å². The van der Waals surface area contributed by atoms with Crippen LogP contribution in [0.2, 0.25) is 0 Å². The Hall–Kier alpha value is -5.06. The molecule has 192 valence electrons. The lowest BCUT2D eigenvalue weighted by Crippen LogP contribution is -2.22. The number of fused-ring (bicyclic) bond motifs is 1. The van der Waals surface area contributed by atoms with Gasteiger partial charge in [0.05, 0.1) is 23.3 Å². The number of aromatic nitrogens is 5. The Bertz CT molecular complexity index is 1690. The fourth-order valence-corrected chi connectivity index (χ4v) is 3.68. The summed E-state index contributed by atoms with van der Waals surface area (Å²) in [4.78, 5) is 35.1. The van der Waals surface area contributed by atoms with E-state index in [1.165, 1.54) is 24.4 Å². The van der Waals surface area contributed by atoms with Gasteiger partial charge >= 0.3 is 6.03 Å². The average molecular weight is 514 g/mol. The Morgan fingerprint density at radius 1 is 1.00 bits per heavy atom. The Labute approximate surface area is 216 Å². The van der Waals surface area contributed by atoms with Crippen LogP contribution in [0.3, 0.4) is 0 Å². The van der Waals surface area contributed by atoms with Gasteiger partial charge in [0, 0.05) is 23.7 Å². The number of anilines is 2. The monoisotopic (exact) mass is 513 g/mol. The molecule has 0 atom stereocenters. The van der Waals surface area contributed by atoms with Crippen molar-refractivity contribution in [2.45, 2.75) is 26.2 Å². The van der Waals surface area contributed by atoms with E-state index in [0.717, 1.165) is 17.6 Å². The van der Waals surface area contributed by atoms with E-state index in [4.69, 9.17) is 4.74 Å². The summed E-state index contributed by atoms with van der Waals surface area (Å²) >= 11 is 0. The number of pyridine rings is 1. The van der Waals surface area contributed by atoms with Crippen molar-refractivity contribution in [2.75, 3.05) is 10.6 Å². The van der Waals surface area contributed by atoms with E-state index >= 15 is 4.39 Å². The Morgan fingerprint density at radius 2 is 1.79 bits per heavy atom. The largest absolute Gasteiger partial charge is 0.452 e. The average Bonchev–Trinajstić information content (AvgIpc) is 3.31. The maximum absolute atomic E-state index is 15.3. The van der Waals surface area contributed by atoms with Crippen LogP contribution in [0.1, 0.15) is 26.5 Å². The van der Waals surface area contributed by atoms with Crippen LogP contribution in [0.4, 0.5) is 20.7 Å². The molecule has 0 radical (unpaired) electrons. The van der Waals surface area contributed by atoms with E-state index in [-0.39, 0.29) is 33.8 Å². The second kappa shape index (κ2) is 9.77. The van der Waals surface area contributed by atoms with E-state index < -0.39 is 17.4 Å². The molecule has 3 aromatic heterocycles. The molecule has 0 spiro atoms. The molecule has 0 aliphatic heterocycles. The van der Waals surface area contributed by atoms with Crippen molar-refractivity contribution in [1.29, 1.82) is 0 Å². The quantitative estimate of drug-likeness (QED) is 0.290. The maximum Gasteiger partial charge on any atom is 0.324 e. The fraction of sp³-hybridized carbons (Fsp3) is 0.148. The van der Waals surface area contributed by atoms with E-state index in [9.17, 15) is 9.59 Å². The normalized spacial score (nSPS) is 11.4. The second-order valence-corrected chi connectivity index (χ2v) is 9.46. The minimum Gasteiger partial charge on any atom is -0.452 e. The molecular formula is C27H24FN7O3. The van der Waals surface area contributed by atoms with Crippen LogP contribution in [0.5, 0.6) is 11.5 Å². The molecule has 2 aromatic carbocycles. The summed E-state index contributed by atoms with van der Waals surface area (Å²) in [6, 6.07) is 16.4. The number of carbonyl (C=O) groups is 1. The van der Waals surface area contributed by atoms with Crippen LogP contribution in [-0.4, -0.2) is 30.8 Å². The Balaban J connectivity index is 1.39. The number of amides is 2. The predicted molar refractivity (Wildman–Crippen MR) is 142 cm³/mol. The van der Waals surface area contributed by atoms with Gasteiger partial charge in [-0.05, 0) is 24.3 Å². The molecule has 0 bridgehead atoms. The zero-order valence-electron chi connectivity index (χ0n) is 20.8. The first-order valence-electron chi connectivity index (χ1n) is 11.7. The highest BCUT2D eigenvalue weighted by Crippen LogP contribution is 2.32. The summed E-state index contributed by atoms with van der Waals surface area (Å²) in [5.74, 6) is -0.320. The third-order valence-corrected chi connectivity index (χ3v) is 5.59. The number of carbonyl (C=O) groups excluding carboxylic acids is 1. The van der Waals surface area contributed by atoms with Crippen LogP contribution in [0, 0.1) is 5.82 Å². The predicted octanol–water partition coefficient (Wildman–Crippen LogP) is 5.38. The summed E-state index contributed by atoms with van der Waals surface area (Å²) in [6.45, 7) is 6.07. The highest BCUT2D eigenvalue weighted by atomic mass is 19.1. The molecule has 38 heavy (non-hydrogen) atoms. The van der Waals surface area contributed by atoms with Gasteiger partial charge in [-0.15, -0.1) is 0 Å². The topological polar surface area (TPSA) is 127 Å². The first-order valence-corrected chi connectivity index (χ1v) is 11.7. The summed E-state index contributed by atoms with van der Waals surface area (Å²) in [5.41, 5.74) is 1.22. The number of hydrogen-bond acceptors (Lipinski definition) is 6. The third kappa shape index (κ3) is 5.07. The molecule has 0 aliphatic rings. The van der Waals surface area contributed by atoms with Crippen molar-refractivity contribution in [2.24, 2.45) is 0 Å². The van der Waals surface area contributed by atoms with E-state index in [2.05, 4.69) is 30.7 Å². The number of H-pyrrole nitrogens is 1. The number of benzene rings is 2. The molecule has 0 aliphatic carbocycles. The van der Waals surface area contributed by atoms with Crippen molar-refractivity contribution >= 4 is 28.7 Å². The van der Waals surface area contributed by atoms with Crippen molar-refractivity contribution in [3.8, 4) is 17.2 Å². The number of nitrogens with one attached hydrogen (secondary N) is 3. The van der Waals surface area contributed by atoms with Gasteiger partial charge < -0.3 is 15.0 Å². The second-order valence-electron chi connectivity index (χ2n) is 9.46. The van der Waals surface area contributed by atoms with Crippen LogP contribution in [-0.2, 0) is 5.41 Å². The minimum absolute atomic E-state index is 0.0958. The Morgan fingerprint density at radius 3 is 2.55 bits per heavy atom. The third-order valence-electron chi connectivity index (χ3n) is 5.59. The van der Waals surface area contributed by atoms with Gasteiger partial charge in [0.25, 0.3) is 5.56 Å². The molecule has 11 heteroatoms. The van der Waals surface area contributed by atoms with Gasteiger partial charge in [0.2, 0.25) is 0 Å². The van der Waals surface area contributed by atoms with Crippen LogP contribution >= 0.6 is 0 Å². The van der Waals surface area contributed by atoms with Crippen molar-refractivity contribution in [3.05, 3.63) is 94.9 Å². The number of para-hydroxylation sites is 1. The zero-order valence-corrected chi connectivity index (χ0v) is 20.8. The molecule has 0 unspecified atom stereocenters. The molecule has 3 N–H and O–H groups in total. The number of urea groups is 1.